The predicted octanol–water partition coefficient (Wildman–Crippen LogP) is -1.24. The fourth-order valence-corrected chi connectivity index (χ4v) is 1.98. The van der Waals surface area contributed by atoms with Gasteiger partial charge in [0, 0.05) is 45.8 Å². The van der Waals surface area contributed by atoms with Crippen LogP contribution >= 0.6 is 0 Å². The fraction of sp³-hybridized carbons (Fsp3) is 1.00. The van der Waals surface area contributed by atoms with E-state index in [4.69, 9.17) is 0 Å². The molecule has 0 aromatic carbocycles. The van der Waals surface area contributed by atoms with Gasteiger partial charge in [-0.05, 0) is 0 Å². The summed E-state index contributed by atoms with van der Waals surface area (Å²) in [6, 6.07) is 0. The van der Waals surface area contributed by atoms with Gasteiger partial charge >= 0.3 is 0 Å². The molecular weight excluding hydrogens is 152 g/mol. The monoisotopic (exact) mass is 168 g/mol. The zero-order valence-electron chi connectivity index (χ0n) is 7.37. The van der Waals surface area contributed by atoms with Crippen LogP contribution in [0.1, 0.15) is 0 Å². The molecule has 0 spiro atoms. The van der Waals surface area contributed by atoms with Crippen molar-refractivity contribution in [1.29, 1.82) is 0 Å². The highest BCUT2D eigenvalue weighted by molar-refractivity contribution is 4.88. The van der Waals surface area contributed by atoms with Crippen molar-refractivity contribution < 1.29 is 0 Å². The average molecular weight is 168 g/mol. The maximum absolute atomic E-state index is 3.46. The van der Waals surface area contributed by atoms with Gasteiger partial charge in [-0.15, -0.1) is 0 Å². The first kappa shape index (κ1) is 7.26. The minimum atomic E-state index is 0.668. The highest BCUT2D eigenvalue weighted by Gasteiger charge is 2.39. The number of hydrogen-bond acceptors (Lipinski definition) is 4. The summed E-state index contributed by atoms with van der Waals surface area (Å²) in [5.74, 6) is 0. The Morgan fingerprint density at radius 2 is 1.83 bits per heavy atom. The third-order valence-corrected chi connectivity index (χ3v) is 2.88. The molecular formula is C8H16N4. The molecule has 0 bridgehead atoms. The molecule has 0 aliphatic carbocycles. The SMILES string of the molecule is C1CN(N2CC2)C(N2CC2)CN1. The van der Waals surface area contributed by atoms with Crippen LogP contribution in [-0.4, -0.2) is 66.9 Å². The summed E-state index contributed by atoms with van der Waals surface area (Å²) in [4.78, 5) is 2.53. The molecule has 0 aromatic rings. The van der Waals surface area contributed by atoms with Gasteiger partial charge in [-0.25, -0.2) is 10.0 Å². The lowest BCUT2D eigenvalue weighted by Crippen LogP contribution is -2.56. The lowest BCUT2D eigenvalue weighted by molar-refractivity contribution is -0.0261. The van der Waals surface area contributed by atoms with E-state index in [9.17, 15) is 0 Å². The van der Waals surface area contributed by atoms with E-state index in [0.29, 0.717) is 6.17 Å². The lowest BCUT2D eigenvalue weighted by Gasteiger charge is -2.37. The molecule has 1 N–H and O–H groups in total. The van der Waals surface area contributed by atoms with Crippen molar-refractivity contribution in [2.75, 3.05) is 45.8 Å². The van der Waals surface area contributed by atoms with Crippen molar-refractivity contribution in [2.45, 2.75) is 6.17 Å². The van der Waals surface area contributed by atoms with Crippen LogP contribution in [0.15, 0.2) is 0 Å². The first-order valence-corrected chi connectivity index (χ1v) is 4.91. The maximum atomic E-state index is 3.46. The van der Waals surface area contributed by atoms with Crippen molar-refractivity contribution in [3.8, 4) is 0 Å². The molecule has 0 amide bonds. The second kappa shape index (κ2) is 2.67. The Labute approximate surface area is 73.1 Å². The molecule has 4 nitrogen and oxygen atoms in total. The first-order chi connectivity index (χ1) is 5.95. The molecule has 3 aliphatic heterocycles. The lowest BCUT2D eigenvalue weighted by atomic mass is 10.3. The maximum Gasteiger partial charge on any atom is 0.0887 e. The Balaban J connectivity index is 1.68. The van der Waals surface area contributed by atoms with Crippen LogP contribution in [0, 0.1) is 0 Å². The van der Waals surface area contributed by atoms with Gasteiger partial charge in [0.05, 0.1) is 6.17 Å². The van der Waals surface area contributed by atoms with E-state index in [1.54, 1.807) is 0 Å². The number of hydrogen-bond donors (Lipinski definition) is 1. The number of rotatable bonds is 2. The molecule has 4 heteroatoms. The summed E-state index contributed by atoms with van der Waals surface area (Å²) in [5, 5.41) is 8.47. The van der Waals surface area contributed by atoms with E-state index >= 15 is 0 Å². The second-order valence-corrected chi connectivity index (χ2v) is 3.84. The van der Waals surface area contributed by atoms with Gasteiger partial charge in [0.2, 0.25) is 0 Å². The molecule has 3 heterocycles. The van der Waals surface area contributed by atoms with Gasteiger partial charge in [0.25, 0.3) is 0 Å². The van der Waals surface area contributed by atoms with Crippen LogP contribution < -0.4 is 5.32 Å². The Hall–Kier alpha value is -0.160. The Kier molecular flexibility index (Phi) is 1.61. The quantitative estimate of drug-likeness (QED) is 0.521. The largest absolute Gasteiger partial charge is 0.312 e. The van der Waals surface area contributed by atoms with Crippen molar-refractivity contribution in [3.63, 3.8) is 0 Å². The van der Waals surface area contributed by atoms with E-state index in [1.807, 2.05) is 0 Å². The van der Waals surface area contributed by atoms with Crippen LogP contribution in [0.2, 0.25) is 0 Å². The van der Waals surface area contributed by atoms with Crippen LogP contribution in [0.5, 0.6) is 0 Å². The standard InChI is InChI=1S/C8H16N4/c1-2-12(11-5-6-11)8(7-9-1)10-3-4-10/h8-9H,1-7H2. The number of piperazine rings is 1. The van der Waals surface area contributed by atoms with Crippen molar-refractivity contribution in [1.82, 2.24) is 20.2 Å². The summed E-state index contributed by atoms with van der Waals surface area (Å²) >= 11 is 0. The van der Waals surface area contributed by atoms with Gasteiger partial charge in [-0.3, -0.25) is 4.90 Å². The summed E-state index contributed by atoms with van der Waals surface area (Å²) in [7, 11) is 0. The van der Waals surface area contributed by atoms with E-state index in [0.717, 1.165) is 13.1 Å². The fourth-order valence-electron chi connectivity index (χ4n) is 1.98. The predicted molar refractivity (Wildman–Crippen MR) is 46.5 cm³/mol. The van der Waals surface area contributed by atoms with Crippen LogP contribution in [-0.2, 0) is 0 Å². The highest BCUT2D eigenvalue weighted by atomic mass is 15.7. The average Bonchev–Trinajstić information content (AvgIpc) is 2.99. The molecule has 12 heavy (non-hydrogen) atoms. The molecule has 1 unspecified atom stereocenters. The Morgan fingerprint density at radius 3 is 2.50 bits per heavy atom. The molecule has 3 saturated heterocycles. The van der Waals surface area contributed by atoms with Gasteiger partial charge in [-0.1, -0.05) is 0 Å². The van der Waals surface area contributed by atoms with E-state index < -0.39 is 0 Å². The molecule has 0 saturated carbocycles. The van der Waals surface area contributed by atoms with Crippen LogP contribution in [0.4, 0.5) is 0 Å². The van der Waals surface area contributed by atoms with E-state index in [-0.39, 0.29) is 0 Å². The summed E-state index contributed by atoms with van der Waals surface area (Å²) < 4.78 is 0. The molecule has 3 fully saturated rings. The molecule has 0 aromatic heterocycles. The number of nitrogens with zero attached hydrogens (tertiary/aromatic N) is 3. The summed E-state index contributed by atoms with van der Waals surface area (Å²) in [6.45, 7) is 8.67. The smallest absolute Gasteiger partial charge is 0.0887 e. The molecule has 0 radical (unpaired) electrons. The third kappa shape index (κ3) is 1.25. The van der Waals surface area contributed by atoms with Gasteiger partial charge in [-0.2, -0.15) is 0 Å². The van der Waals surface area contributed by atoms with Crippen molar-refractivity contribution in [2.24, 2.45) is 0 Å². The Bertz CT molecular complexity index is 156. The second-order valence-electron chi connectivity index (χ2n) is 3.84. The number of nitrogens with one attached hydrogen (secondary N) is 1. The zero-order chi connectivity index (χ0) is 7.97. The van der Waals surface area contributed by atoms with Crippen LogP contribution in [0.3, 0.4) is 0 Å². The van der Waals surface area contributed by atoms with E-state index in [1.165, 1.54) is 32.7 Å². The molecule has 3 aliphatic rings. The van der Waals surface area contributed by atoms with Gasteiger partial charge in [0.15, 0.2) is 0 Å². The first-order valence-electron chi connectivity index (χ1n) is 4.91. The highest BCUT2D eigenvalue weighted by Crippen LogP contribution is 2.21. The topological polar surface area (TPSA) is 21.3 Å². The third-order valence-electron chi connectivity index (χ3n) is 2.88. The van der Waals surface area contributed by atoms with Crippen LogP contribution in [0.25, 0.3) is 0 Å². The molecule has 3 rings (SSSR count). The van der Waals surface area contributed by atoms with Crippen molar-refractivity contribution >= 4 is 0 Å². The van der Waals surface area contributed by atoms with Gasteiger partial charge in [0.1, 0.15) is 0 Å². The summed E-state index contributed by atoms with van der Waals surface area (Å²) in [6.07, 6.45) is 0.668. The molecule has 68 valence electrons. The van der Waals surface area contributed by atoms with E-state index in [2.05, 4.69) is 20.2 Å². The molecule has 1 atom stereocenters. The van der Waals surface area contributed by atoms with Crippen molar-refractivity contribution in [3.05, 3.63) is 0 Å². The minimum absolute atomic E-state index is 0.668. The Morgan fingerprint density at radius 1 is 1.00 bits per heavy atom. The number of hydrazine groups is 1. The minimum Gasteiger partial charge on any atom is -0.312 e. The zero-order valence-corrected chi connectivity index (χ0v) is 7.37. The summed E-state index contributed by atoms with van der Waals surface area (Å²) in [5.41, 5.74) is 0. The normalized spacial score (nSPS) is 38.5. The van der Waals surface area contributed by atoms with Gasteiger partial charge < -0.3 is 5.32 Å².